The first-order chi connectivity index (χ1) is 10.8. The van der Waals surface area contributed by atoms with Gasteiger partial charge in [0.15, 0.2) is 0 Å². The highest BCUT2D eigenvalue weighted by molar-refractivity contribution is 5.38. The quantitative estimate of drug-likeness (QED) is 0.830. The molecular weight excluding hydrogens is 280 g/mol. The molecule has 1 saturated carbocycles. The molecule has 0 spiro atoms. The summed E-state index contributed by atoms with van der Waals surface area (Å²) in [6, 6.07) is 6.79. The summed E-state index contributed by atoms with van der Waals surface area (Å²) in [6.07, 6.45) is 3.02. The number of morpholine rings is 1. The fraction of sp³-hybridized carbons (Fsp3) is 0.647. The minimum absolute atomic E-state index is 0.293. The van der Waals surface area contributed by atoms with Crippen LogP contribution in [0.25, 0.3) is 0 Å². The smallest absolute Gasteiger partial charge is 0.122 e. The Labute approximate surface area is 132 Å². The Balaban J connectivity index is 1.47. The van der Waals surface area contributed by atoms with Crippen LogP contribution in [-0.2, 0) is 11.3 Å². The van der Waals surface area contributed by atoms with Crippen LogP contribution in [0.15, 0.2) is 18.2 Å². The maximum atomic E-state index is 5.86. The first kappa shape index (κ1) is 15.6. The maximum Gasteiger partial charge on any atom is 0.122 e. The van der Waals surface area contributed by atoms with E-state index in [4.69, 9.17) is 14.2 Å². The van der Waals surface area contributed by atoms with Gasteiger partial charge in [-0.15, -0.1) is 0 Å². The second kappa shape index (κ2) is 7.31. The van der Waals surface area contributed by atoms with E-state index < -0.39 is 0 Å². The van der Waals surface area contributed by atoms with Crippen LogP contribution in [0, 0.1) is 0 Å². The zero-order valence-electron chi connectivity index (χ0n) is 13.5. The van der Waals surface area contributed by atoms with E-state index in [1.54, 1.807) is 14.2 Å². The minimum Gasteiger partial charge on any atom is -0.497 e. The molecule has 1 aliphatic heterocycles. The molecule has 2 aliphatic rings. The largest absolute Gasteiger partial charge is 0.497 e. The van der Waals surface area contributed by atoms with E-state index in [9.17, 15) is 0 Å². The first-order valence-electron chi connectivity index (χ1n) is 8.07. The molecule has 1 heterocycles. The van der Waals surface area contributed by atoms with Gasteiger partial charge in [0, 0.05) is 38.3 Å². The van der Waals surface area contributed by atoms with Gasteiger partial charge < -0.3 is 19.5 Å². The second-order valence-corrected chi connectivity index (χ2v) is 6.07. The van der Waals surface area contributed by atoms with Crippen molar-refractivity contribution < 1.29 is 14.2 Å². The number of methoxy groups -OCH3 is 2. The highest BCUT2D eigenvalue weighted by atomic mass is 16.5. The summed E-state index contributed by atoms with van der Waals surface area (Å²) in [5.74, 6) is 1.65. The summed E-state index contributed by atoms with van der Waals surface area (Å²) in [5.41, 5.74) is 1.16. The van der Waals surface area contributed by atoms with Gasteiger partial charge in [-0.1, -0.05) is 0 Å². The molecule has 1 aromatic rings. The Morgan fingerprint density at radius 2 is 1.91 bits per heavy atom. The number of nitrogens with zero attached hydrogens (tertiary/aromatic N) is 1. The lowest BCUT2D eigenvalue weighted by molar-refractivity contribution is -0.0301. The number of benzene rings is 1. The molecule has 5 heteroatoms. The van der Waals surface area contributed by atoms with E-state index in [1.807, 2.05) is 18.2 Å². The number of hydrogen-bond donors (Lipinski definition) is 1. The van der Waals surface area contributed by atoms with Crippen molar-refractivity contribution in [1.82, 2.24) is 10.2 Å². The zero-order chi connectivity index (χ0) is 15.4. The fourth-order valence-electron chi connectivity index (χ4n) is 2.98. The van der Waals surface area contributed by atoms with Gasteiger partial charge in [0.25, 0.3) is 0 Å². The van der Waals surface area contributed by atoms with Crippen molar-refractivity contribution in [3.8, 4) is 11.5 Å². The summed E-state index contributed by atoms with van der Waals surface area (Å²) >= 11 is 0. The summed E-state index contributed by atoms with van der Waals surface area (Å²) in [6.45, 7) is 4.67. The van der Waals surface area contributed by atoms with Crippen LogP contribution < -0.4 is 14.8 Å². The van der Waals surface area contributed by atoms with Gasteiger partial charge >= 0.3 is 0 Å². The van der Waals surface area contributed by atoms with Crippen molar-refractivity contribution in [1.29, 1.82) is 0 Å². The summed E-state index contributed by atoms with van der Waals surface area (Å²) in [5, 5.41) is 3.49. The Kier molecular flexibility index (Phi) is 5.18. The van der Waals surface area contributed by atoms with Crippen LogP contribution >= 0.6 is 0 Å². The highest BCUT2D eigenvalue weighted by Crippen LogP contribution is 2.28. The molecule has 0 aromatic heterocycles. The van der Waals surface area contributed by atoms with E-state index in [2.05, 4.69) is 10.2 Å². The fourth-order valence-corrected chi connectivity index (χ4v) is 2.98. The molecule has 2 fully saturated rings. The molecule has 0 bridgehead atoms. The molecule has 3 rings (SSSR count). The molecule has 5 nitrogen and oxygen atoms in total. The zero-order valence-corrected chi connectivity index (χ0v) is 13.5. The molecule has 0 amide bonds. The lowest BCUT2D eigenvalue weighted by Crippen LogP contribution is -2.47. The first-order valence-corrected chi connectivity index (χ1v) is 8.07. The average molecular weight is 306 g/mol. The maximum absolute atomic E-state index is 5.86. The van der Waals surface area contributed by atoms with E-state index in [0.717, 1.165) is 55.9 Å². The number of hydrogen-bond acceptors (Lipinski definition) is 5. The predicted molar refractivity (Wildman–Crippen MR) is 85.6 cm³/mol. The predicted octanol–water partition coefficient (Wildman–Crippen LogP) is 1.66. The molecular formula is C17H26N2O3. The highest BCUT2D eigenvalue weighted by Gasteiger charge is 2.32. The van der Waals surface area contributed by atoms with Crippen molar-refractivity contribution in [3.05, 3.63) is 23.8 Å². The Morgan fingerprint density at radius 3 is 2.55 bits per heavy atom. The standard InChI is InChI=1S/C17H26N2O3/c1-20-15-7-13(8-16(9-15)21-2)10-18-11-17-12-19(5-6-22-17)14-3-4-14/h7-9,14,17-18H,3-6,10-12H2,1-2H3/t17-/m0/s1. The lowest BCUT2D eigenvalue weighted by Gasteiger charge is -2.33. The Hall–Kier alpha value is -1.30. The molecule has 1 saturated heterocycles. The van der Waals surface area contributed by atoms with E-state index in [0.29, 0.717) is 6.10 Å². The van der Waals surface area contributed by atoms with Crippen LogP contribution in [0.2, 0.25) is 0 Å². The molecule has 1 aromatic carbocycles. The number of nitrogens with one attached hydrogen (secondary N) is 1. The van der Waals surface area contributed by atoms with Crippen LogP contribution in [0.5, 0.6) is 11.5 Å². The normalized spacial score (nSPS) is 22.5. The van der Waals surface area contributed by atoms with E-state index in [1.165, 1.54) is 12.8 Å². The number of ether oxygens (including phenoxy) is 3. The Bertz CT molecular complexity index is 469. The molecule has 0 unspecified atom stereocenters. The molecule has 1 N–H and O–H groups in total. The third-order valence-corrected chi connectivity index (χ3v) is 4.35. The molecule has 0 radical (unpaired) electrons. The second-order valence-electron chi connectivity index (χ2n) is 6.07. The van der Waals surface area contributed by atoms with Gasteiger partial charge in [-0.05, 0) is 30.5 Å². The van der Waals surface area contributed by atoms with E-state index >= 15 is 0 Å². The summed E-state index contributed by atoms with van der Waals surface area (Å²) in [4.78, 5) is 2.57. The van der Waals surface area contributed by atoms with Crippen molar-refractivity contribution in [3.63, 3.8) is 0 Å². The molecule has 1 atom stereocenters. The SMILES string of the molecule is COc1cc(CNC[C@H]2CN(C3CC3)CCO2)cc(OC)c1. The van der Waals surface area contributed by atoms with Crippen LogP contribution in [0.4, 0.5) is 0 Å². The average Bonchev–Trinajstić information content (AvgIpc) is 3.40. The minimum atomic E-state index is 0.293. The van der Waals surface area contributed by atoms with Crippen molar-refractivity contribution in [2.45, 2.75) is 31.5 Å². The van der Waals surface area contributed by atoms with Gasteiger partial charge in [-0.3, -0.25) is 4.90 Å². The topological polar surface area (TPSA) is 43.0 Å². The summed E-state index contributed by atoms with van der Waals surface area (Å²) in [7, 11) is 3.35. The molecule has 122 valence electrons. The van der Waals surface area contributed by atoms with Gasteiger partial charge in [0.2, 0.25) is 0 Å². The summed E-state index contributed by atoms with van der Waals surface area (Å²) < 4.78 is 16.5. The van der Waals surface area contributed by atoms with Crippen molar-refractivity contribution in [2.24, 2.45) is 0 Å². The van der Waals surface area contributed by atoms with Crippen molar-refractivity contribution in [2.75, 3.05) is 40.5 Å². The third-order valence-electron chi connectivity index (χ3n) is 4.35. The van der Waals surface area contributed by atoms with Crippen LogP contribution in [-0.4, -0.2) is 57.5 Å². The molecule has 22 heavy (non-hydrogen) atoms. The van der Waals surface area contributed by atoms with Gasteiger partial charge in [0.1, 0.15) is 11.5 Å². The van der Waals surface area contributed by atoms with Gasteiger partial charge in [-0.25, -0.2) is 0 Å². The van der Waals surface area contributed by atoms with Gasteiger partial charge in [0.05, 0.1) is 26.9 Å². The van der Waals surface area contributed by atoms with Gasteiger partial charge in [-0.2, -0.15) is 0 Å². The van der Waals surface area contributed by atoms with Crippen molar-refractivity contribution >= 4 is 0 Å². The third kappa shape index (κ3) is 4.12. The van der Waals surface area contributed by atoms with E-state index in [-0.39, 0.29) is 0 Å². The van der Waals surface area contributed by atoms with Crippen LogP contribution in [0.1, 0.15) is 18.4 Å². The van der Waals surface area contributed by atoms with Crippen LogP contribution in [0.3, 0.4) is 0 Å². The Morgan fingerprint density at radius 1 is 1.18 bits per heavy atom. The number of rotatable bonds is 7. The monoisotopic (exact) mass is 306 g/mol. The molecule has 1 aliphatic carbocycles. The lowest BCUT2D eigenvalue weighted by atomic mass is 10.2.